The van der Waals surface area contributed by atoms with Crippen LogP contribution in [0.4, 0.5) is 0 Å². The van der Waals surface area contributed by atoms with E-state index in [0.717, 1.165) is 0 Å². The van der Waals surface area contributed by atoms with E-state index in [2.05, 4.69) is 0 Å². The molecule has 6 heteroatoms. The Bertz CT molecular complexity index is 302. The second kappa shape index (κ2) is 3.92. The predicted octanol–water partition coefficient (Wildman–Crippen LogP) is 1.28. The molecule has 1 aliphatic heterocycles. The Kier molecular flexibility index (Phi) is 3.33. The molecule has 0 bridgehead atoms. The maximum Gasteiger partial charge on any atom is 0.305 e. The van der Waals surface area contributed by atoms with Gasteiger partial charge in [0.05, 0.1) is 11.2 Å². The zero-order valence-corrected chi connectivity index (χ0v) is 10.6. The molecule has 1 aliphatic rings. The summed E-state index contributed by atoms with van der Waals surface area (Å²) in [4.78, 5) is 12.1. The molecule has 0 spiro atoms. The highest BCUT2D eigenvalue weighted by atomic mass is 32.2. The molecule has 0 aliphatic carbocycles. The fourth-order valence-corrected chi connectivity index (χ4v) is 3.40. The first-order valence-electron chi connectivity index (χ1n) is 4.63. The van der Waals surface area contributed by atoms with Gasteiger partial charge < -0.3 is 15.1 Å². The molecular weight excluding hydrogens is 234 g/mol. The molecule has 0 amide bonds. The first kappa shape index (κ1) is 12.7. The minimum Gasteiger partial charge on any atom is -0.481 e. The number of aliphatic carboxylic acids is 1. The van der Waals surface area contributed by atoms with Crippen molar-refractivity contribution in [2.45, 2.75) is 37.7 Å². The van der Waals surface area contributed by atoms with E-state index < -0.39 is 16.4 Å². The van der Waals surface area contributed by atoms with Gasteiger partial charge in [-0.3, -0.25) is 4.79 Å². The van der Waals surface area contributed by atoms with Gasteiger partial charge in [0.2, 0.25) is 0 Å². The van der Waals surface area contributed by atoms with Crippen molar-refractivity contribution >= 4 is 34.3 Å². The third-order valence-corrected chi connectivity index (χ3v) is 4.54. The van der Waals surface area contributed by atoms with Gasteiger partial charge in [-0.1, -0.05) is 24.0 Å². The summed E-state index contributed by atoms with van der Waals surface area (Å²) in [6, 6.07) is 0. The number of carboxylic acids is 1. The topological polar surface area (TPSA) is 60.8 Å². The lowest BCUT2D eigenvalue weighted by Gasteiger charge is -2.38. The highest BCUT2D eigenvalue weighted by Gasteiger charge is 2.52. The summed E-state index contributed by atoms with van der Waals surface area (Å²) >= 11 is 6.53. The number of thiocarbonyl (C=S) groups is 1. The van der Waals surface area contributed by atoms with Crippen LogP contribution in [0.5, 0.6) is 0 Å². The lowest BCUT2D eigenvalue weighted by Crippen LogP contribution is -2.53. The van der Waals surface area contributed by atoms with Gasteiger partial charge in [0.25, 0.3) is 0 Å². The first-order chi connectivity index (χ1) is 6.68. The molecule has 0 saturated carbocycles. The molecule has 1 atom stereocenters. The van der Waals surface area contributed by atoms with Crippen LogP contribution in [-0.4, -0.2) is 42.4 Å². The first-order valence-corrected chi connectivity index (χ1v) is 5.86. The van der Waals surface area contributed by atoms with Crippen molar-refractivity contribution in [3.8, 4) is 0 Å². The van der Waals surface area contributed by atoms with Crippen LogP contribution < -0.4 is 0 Å². The van der Waals surface area contributed by atoms with E-state index >= 15 is 0 Å². The largest absolute Gasteiger partial charge is 0.481 e. The summed E-state index contributed by atoms with van der Waals surface area (Å²) in [6.07, 6.45) is -0.0209. The third kappa shape index (κ3) is 2.26. The summed E-state index contributed by atoms with van der Waals surface area (Å²) in [6.45, 7) is 5.70. The van der Waals surface area contributed by atoms with Crippen LogP contribution in [0, 0.1) is 0 Å². The zero-order valence-electron chi connectivity index (χ0n) is 8.98. The van der Waals surface area contributed by atoms with Crippen molar-refractivity contribution in [1.29, 1.82) is 0 Å². The summed E-state index contributed by atoms with van der Waals surface area (Å²) in [5.74, 6) is -0.886. The Balaban J connectivity index is 2.80. The van der Waals surface area contributed by atoms with Crippen molar-refractivity contribution < 1.29 is 15.0 Å². The molecule has 86 valence electrons. The Hall–Kier alpha value is -0.330. The van der Waals surface area contributed by atoms with Crippen molar-refractivity contribution in [2.75, 3.05) is 6.54 Å². The molecule has 0 aromatic carbocycles. The number of thioether (sulfide) groups is 1. The maximum absolute atomic E-state index is 10.5. The summed E-state index contributed by atoms with van der Waals surface area (Å²) in [7, 11) is 0. The zero-order chi connectivity index (χ0) is 11.9. The standard InChI is InChI=1S/C9H15NO3S2/c1-8(2)9(3,13)10(7(14)15-8)5-4-6(11)12/h13H,4-5H2,1-3H3,(H,11,12). The summed E-state index contributed by atoms with van der Waals surface area (Å²) in [5, 5.41) is 18.9. The number of nitrogens with zero attached hydrogens (tertiary/aromatic N) is 1. The Morgan fingerprint density at radius 2 is 2.07 bits per heavy atom. The van der Waals surface area contributed by atoms with Crippen LogP contribution in [0.1, 0.15) is 27.2 Å². The van der Waals surface area contributed by atoms with Crippen LogP contribution in [0.3, 0.4) is 0 Å². The van der Waals surface area contributed by atoms with Gasteiger partial charge in [0, 0.05) is 6.54 Å². The van der Waals surface area contributed by atoms with Crippen molar-refractivity contribution in [3.05, 3.63) is 0 Å². The molecule has 1 rings (SSSR count). The number of rotatable bonds is 3. The normalized spacial score (nSPS) is 29.6. The van der Waals surface area contributed by atoms with Gasteiger partial charge in [-0.05, 0) is 20.8 Å². The summed E-state index contributed by atoms with van der Waals surface area (Å²) in [5.41, 5.74) is -1.09. The average Bonchev–Trinajstić information content (AvgIpc) is 2.15. The molecular formula is C9H15NO3S2. The van der Waals surface area contributed by atoms with Crippen LogP contribution in [0.2, 0.25) is 0 Å². The van der Waals surface area contributed by atoms with Gasteiger partial charge in [-0.2, -0.15) is 0 Å². The third-order valence-electron chi connectivity index (χ3n) is 2.78. The smallest absolute Gasteiger partial charge is 0.305 e. The molecule has 0 aromatic heterocycles. The fourth-order valence-electron chi connectivity index (χ4n) is 1.39. The monoisotopic (exact) mass is 249 g/mol. The Labute approximate surface area is 98.6 Å². The molecule has 0 aromatic rings. The number of hydrogen-bond acceptors (Lipinski definition) is 4. The molecule has 1 saturated heterocycles. The van der Waals surface area contributed by atoms with Crippen molar-refractivity contribution in [1.82, 2.24) is 4.90 Å². The fraction of sp³-hybridized carbons (Fsp3) is 0.778. The minimum atomic E-state index is -1.09. The number of carboxylic acid groups (broad SMARTS) is 1. The second-order valence-corrected chi connectivity index (χ2v) is 6.45. The average molecular weight is 249 g/mol. The molecule has 4 nitrogen and oxygen atoms in total. The van der Waals surface area contributed by atoms with E-state index in [0.29, 0.717) is 4.32 Å². The van der Waals surface area contributed by atoms with E-state index in [1.54, 1.807) is 11.8 Å². The number of aliphatic hydroxyl groups is 1. The van der Waals surface area contributed by atoms with Gasteiger partial charge in [0.1, 0.15) is 4.32 Å². The van der Waals surface area contributed by atoms with Crippen molar-refractivity contribution in [3.63, 3.8) is 0 Å². The van der Waals surface area contributed by atoms with Crippen LogP contribution in [0.15, 0.2) is 0 Å². The SMILES string of the molecule is CC1(C)SC(=S)N(CCC(=O)O)C1(C)O. The number of hydrogen-bond donors (Lipinski definition) is 2. The highest BCUT2D eigenvalue weighted by Crippen LogP contribution is 2.46. The second-order valence-electron chi connectivity index (χ2n) is 4.19. The minimum absolute atomic E-state index is 0.0209. The molecule has 1 heterocycles. The van der Waals surface area contributed by atoms with Gasteiger partial charge >= 0.3 is 5.97 Å². The highest BCUT2D eigenvalue weighted by molar-refractivity contribution is 8.24. The summed E-state index contributed by atoms with van der Waals surface area (Å²) < 4.78 is 0.147. The Morgan fingerprint density at radius 1 is 1.53 bits per heavy atom. The lowest BCUT2D eigenvalue weighted by atomic mass is 9.99. The molecule has 15 heavy (non-hydrogen) atoms. The van der Waals surface area contributed by atoms with Crippen LogP contribution in [0.25, 0.3) is 0 Å². The van der Waals surface area contributed by atoms with E-state index in [9.17, 15) is 9.90 Å². The Morgan fingerprint density at radius 3 is 2.40 bits per heavy atom. The number of carbonyl (C=O) groups is 1. The van der Waals surface area contributed by atoms with E-state index in [1.807, 2.05) is 13.8 Å². The molecule has 1 unspecified atom stereocenters. The van der Waals surface area contributed by atoms with Crippen molar-refractivity contribution in [2.24, 2.45) is 0 Å². The lowest BCUT2D eigenvalue weighted by molar-refractivity contribution is -0.138. The van der Waals surface area contributed by atoms with E-state index in [4.69, 9.17) is 17.3 Å². The molecule has 1 fully saturated rings. The molecule has 2 N–H and O–H groups in total. The predicted molar refractivity (Wildman–Crippen MR) is 63.9 cm³/mol. The van der Waals surface area contributed by atoms with Crippen LogP contribution >= 0.6 is 24.0 Å². The van der Waals surface area contributed by atoms with Gasteiger partial charge in [-0.25, -0.2) is 0 Å². The van der Waals surface area contributed by atoms with Gasteiger partial charge in [0.15, 0.2) is 5.72 Å². The van der Waals surface area contributed by atoms with Gasteiger partial charge in [-0.15, -0.1) is 0 Å². The van der Waals surface area contributed by atoms with Crippen LogP contribution in [-0.2, 0) is 4.79 Å². The quantitative estimate of drug-likeness (QED) is 0.735. The van der Waals surface area contributed by atoms with E-state index in [1.165, 1.54) is 11.8 Å². The molecule has 0 radical (unpaired) electrons. The van der Waals surface area contributed by atoms with E-state index in [-0.39, 0.29) is 13.0 Å². The maximum atomic E-state index is 10.5.